The first kappa shape index (κ1) is 17.3. The van der Waals surface area contributed by atoms with Crippen molar-refractivity contribution in [3.63, 3.8) is 0 Å². The predicted molar refractivity (Wildman–Crippen MR) is 94.3 cm³/mol. The molecule has 0 radical (unpaired) electrons. The van der Waals surface area contributed by atoms with Crippen LogP contribution in [0.1, 0.15) is 31.0 Å². The first-order valence-electron chi connectivity index (χ1n) is 7.91. The molecule has 0 aliphatic heterocycles. The average Bonchev–Trinajstić information content (AvgIpc) is 3.15. The van der Waals surface area contributed by atoms with E-state index in [1.165, 1.54) is 12.5 Å². The summed E-state index contributed by atoms with van der Waals surface area (Å²) < 4.78 is 32.9. The van der Waals surface area contributed by atoms with Gasteiger partial charge in [-0.25, -0.2) is 18.1 Å². The fourth-order valence-electron chi connectivity index (χ4n) is 2.39. The van der Waals surface area contributed by atoms with Crippen molar-refractivity contribution in [2.24, 2.45) is 0 Å². The smallest absolute Gasteiger partial charge is 0.240 e. The molecule has 0 saturated carbocycles. The van der Waals surface area contributed by atoms with Crippen LogP contribution in [0.2, 0.25) is 0 Å². The monoisotopic (exact) mass is 357 g/mol. The maximum Gasteiger partial charge on any atom is 0.240 e. The van der Waals surface area contributed by atoms with Crippen LogP contribution >= 0.6 is 0 Å². The molecule has 1 aromatic carbocycles. The van der Waals surface area contributed by atoms with Gasteiger partial charge in [0, 0.05) is 12.4 Å². The SMILES string of the molecule is CC(C)c1ccc(S(=O)(=O)NCc2nccnc2-c2ccco2)cc1. The second-order valence-electron chi connectivity index (χ2n) is 5.88. The molecule has 130 valence electrons. The third kappa shape index (κ3) is 3.94. The number of rotatable bonds is 6. The van der Waals surface area contributed by atoms with Gasteiger partial charge in [-0.3, -0.25) is 4.98 Å². The highest BCUT2D eigenvalue weighted by molar-refractivity contribution is 7.89. The molecule has 0 aliphatic carbocycles. The van der Waals surface area contributed by atoms with Crippen molar-refractivity contribution in [3.8, 4) is 11.5 Å². The van der Waals surface area contributed by atoms with E-state index in [1.807, 2.05) is 12.1 Å². The lowest BCUT2D eigenvalue weighted by Crippen LogP contribution is -2.24. The topological polar surface area (TPSA) is 85.1 Å². The Morgan fingerprint density at radius 2 is 1.80 bits per heavy atom. The van der Waals surface area contributed by atoms with E-state index in [-0.39, 0.29) is 11.4 Å². The summed E-state index contributed by atoms with van der Waals surface area (Å²) in [5.74, 6) is 0.892. The van der Waals surface area contributed by atoms with Crippen LogP contribution in [0.25, 0.3) is 11.5 Å². The van der Waals surface area contributed by atoms with Crippen molar-refractivity contribution in [3.05, 3.63) is 66.3 Å². The van der Waals surface area contributed by atoms with Crippen molar-refractivity contribution in [2.45, 2.75) is 31.2 Å². The highest BCUT2D eigenvalue weighted by atomic mass is 32.2. The van der Waals surface area contributed by atoms with Crippen LogP contribution in [0, 0.1) is 0 Å². The molecule has 1 N–H and O–H groups in total. The lowest BCUT2D eigenvalue weighted by molar-refractivity contribution is 0.573. The number of benzene rings is 1. The Morgan fingerprint density at radius 1 is 1.08 bits per heavy atom. The fourth-order valence-corrected chi connectivity index (χ4v) is 3.38. The maximum atomic E-state index is 12.5. The Balaban J connectivity index is 1.79. The van der Waals surface area contributed by atoms with E-state index in [2.05, 4.69) is 28.5 Å². The molecule has 0 aliphatic rings. The lowest BCUT2D eigenvalue weighted by Gasteiger charge is -2.10. The molecule has 0 amide bonds. The quantitative estimate of drug-likeness (QED) is 0.731. The van der Waals surface area contributed by atoms with Crippen LogP contribution in [0.4, 0.5) is 0 Å². The minimum absolute atomic E-state index is 0.0259. The minimum Gasteiger partial charge on any atom is -0.463 e. The van der Waals surface area contributed by atoms with Gasteiger partial charge in [-0.1, -0.05) is 26.0 Å². The Hall–Kier alpha value is -2.51. The summed E-state index contributed by atoms with van der Waals surface area (Å²) in [5.41, 5.74) is 2.11. The van der Waals surface area contributed by atoms with Gasteiger partial charge in [0.1, 0.15) is 5.69 Å². The molecule has 0 unspecified atom stereocenters. The molecule has 0 spiro atoms. The molecule has 0 saturated heterocycles. The summed E-state index contributed by atoms with van der Waals surface area (Å²) in [6.45, 7) is 4.15. The van der Waals surface area contributed by atoms with Gasteiger partial charge in [-0.15, -0.1) is 0 Å². The minimum atomic E-state index is -3.63. The molecular weight excluding hydrogens is 338 g/mol. The Bertz CT molecular complexity index is 934. The molecule has 0 fully saturated rings. The molecule has 25 heavy (non-hydrogen) atoms. The number of aromatic nitrogens is 2. The Labute approximate surface area is 147 Å². The number of hydrogen-bond donors (Lipinski definition) is 1. The average molecular weight is 357 g/mol. The van der Waals surface area contributed by atoms with E-state index in [0.29, 0.717) is 23.1 Å². The van der Waals surface area contributed by atoms with Crippen molar-refractivity contribution in [2.75, 3.05) is 0 Å². The number of nitrogens with zero attached hydrogens (tertiary/aromatic N) is 2. The maximum absolute atomic E-state index is 12.5. The summed E-state index contributed by atoms with van der Waals surface area (Å²) in [6, 6.07) is 10.4. The second kappa shape index (κ2) is 7.16. The summed E-state index contributed by atoms with van der Waals surface area (Å²) in [4.78, 5) is 8.68. The number of nitrogens with one attached hydrogen (secondary N) is 1. The summed E-state index contributed by atoms with van der Waals surface area (Å²) in [6.07, 6.45) is 4.60. The van der Waals surface area contributed by atoms with Crippen molar-refractivity contribution < 1.29 is 12.8 Å². The number of furan rings is 1. The van der Waals surface area contributed by atoms with E-state index >= 15 is 0 Å². The fraction of sp³-hybridized carbons (Fsp3) is 0.222. The van der Waals surface area contributed by atoms with Crippen LogP contribution in [-0.2, 0) is 16.6 Å². The van der Waals surface area contributed by atoms with Crippen molar-refractivity contribution in [1.29, 1.82) is 0 Å². The van der Waals surface area contributed by atoms with Crippen LogP contribution in [-0.4, -0.2) is 18.4 Å². The largest absolute Gasteiger partial charge is 0.463 e. The van der Waals surface area contributed by atoms with Crippen LogP contribution in [0.15, 0.2) is 64.4 Å². The Kier molecular flexibility index (Phi) is 4.96. The first-order chi connectivity index (χ1) is 12.0. The van der Waals surface area contributed by atoms with Crippen LogP contribution in [0.5, 0.6) is 0 Å². The summed E-state index contributed by atoms with van der Waals surface area (Å²) in [5, 5.41) is 0. The zero-order chi connectivity index (χ0) is 17.9. The van der Waals surface area contributed by atoms with Gasteiger partial charge in [0.25, 0.3) is 0 Å². The molecule has 3 aromatic rings. The molecule has 0 atom stereocenters. The molecule has 7 heteroatoms. The van der Waals surface area contributed by atoms with Crippen LogP contribution < -0.4 is 4.72 Å². The van der Waals surface area contributed by atoms with Gasteiger partial charge in [-0.05, 0) is 35.7 Å². The molecular formula is C18H19N3O3S. The van der Waals surface area contributed by atoms with Crippen LogP contribution in [0.3, 0.4) is 0 Å². The zero-order valence-corrected chi connectivity index (χ0v) is 14.8. The summed E-state index contributed by atoms with van der Waals surface area (Å²) in [7, 11) is -3.63. The molecule has 0 bridgehead atoms. The van der Waals surface area contributed by atoms with Crippen molar-refractivity contribution in [1.82, 2.24) is 14.7 Å². The van der Waals surface area contributed by atoms with Gasteiger partial charge in [0.15, 0.2) is 5.76 Å². The summed E-state index contributed by atoms with van der Waals surface area (Å²) >= 11 is 0. The van der Waals surface area contributed by atoms with Gasteiger partial charge in [0.2, 0.25) is 10.0 Å². The molecule has 2 heterocycles. The molecule has 3 rings (SSSR count). The third-order valence-corrected chi connectivity index (χ3v) is 5.23. The first-order valence-corrected chi connectivity index (χ1v) is 9.39. The van der Waals surface area contributed by atoms with Gasteiger partial charge >= 0.3 is 0 Å². The lowest BCUT2D eigenvalue weighted by atomic mass is 10.0. The van der Waals surface area contributed by atoms with Gasteiger partial charge < -0.3 is 4.42 Å². The highest BCUT2D eigenvalue weighted by Crippen LogP contribution is 2.21. The van der Waals surface area contributed by atoms with E-state index in [0.717, 1.165) is 5.56 Å². The predicted octanol–water partition coefficient (Wildman–Crippen LogP) is 3.34. The number of hydrogen-bond acceptors (Lipinski definition) is 5. The Morgan fingerprint density at radius 3 is 2.44 bits per heavy atom. The van der Waals surface area contributed by atoms with E-state index in [1.54, 1.807) is 30.5 Å². The second-order valence-corrected chi connectivity index (χ2v) is 7.64. The zero-order valence-electron chi connectivity index (χ0n) is 14.0. The van der Waals surface area contributed by atoms with Gasteiger partial charge in [-0.2, -0.15) is 0 Å². The molecule has 6 nitrogen and oxygen atoms in total. The van der Waals surface area contributed by atoms with E-state index in [4.69, 9.17) is 4.42 Å². The van der Waals surface area contributed by atoms with Gasteiger partial charge in [0.05, 0.1) is 23.4 Å². The molecule has 2 aromatic heterocycles. The van der Waals surface area contributed by atoms with Crippen molar-refractivity contribution >= 4 is 10.0 Å². The number of sulfonamides is 1. The normalized spacial score (nSPS) is 11.8. The van der Waals surface area contributed by atoms with E-state index < -0.39 is 10.0 Å². The standard InChI is InChI=1S/C18H19N3O3S/c1-13(2)14-5-7-15(8-6-14)25(22,23)21-12-16-18(20-10-9-19-16)17-4-3-11-24-17/h3-11,13,21H,12H2,1-2H3. The third-order valence-electron chi connectivity index (χ3n) is 3.82. The van der Waals surface area contributed by atoms with E-state index in [9.17, 15) is 8.42 Å². The highest BCUT2D eigenvalue weighted by Gasteiger charge is 2.17.